The van der Waals surface area contributed by atoms with Crippen LogP contribution in [-0.2, 0) is 0 Å². The number of H-pyrrole nitrogens is 1. The van der Waals surface area contributed by atoms with Crippen LogP contribution in [0.4, 0.5) is 14.5 Å². The molecule has 8 heteroatoms. The van der Waals surface area contributed by atoms with E-state index in [1.807, 2.05) is 0 Å². The number of aromatic nitrogens is 1. The van der Waals surface area contributed by atoms with Crippen molar-refractivity contribution in [3.63, 3.8) is 0 Å². The van der Waals surface area contributed by atoms with Crippen molar-refractivity contribution in [1.29, 1.82) is 0 Å². The second-order valence-corrected chi connectivity index (χ2v) is 2.32. The maximum absolute atomic E-state index is 12.2. The van der Waals surface area contributed by atoms with E-state index in [1.54, 1.807) is 4.98 Å². The Morgan fingerprint density at radius 3 is 2.50 bits per heavy atom. The molecule has 0 aromatic carbocycles. The molecule has 0 saturated carbocycles. The van der Waals surface area contributed by atoms with Crippen LogP contribution in [0.2, 0.25) is 0 Å². The van der Waals surface area contributed by atoms with E-state index in [0.29, 0.717) is 6.20 Å². The highest BCUT2D eigenvalue weighted by Gasteiger charge is 2.29. The lowest BCUT2D eigenvalue weighted by Gasteiger charge is -2.01. The van der Waals surface area contributed by atoms with Crippen LogP contribution in [0.15, 0.2) is 11.0 Å². The molecule has 0 radical (unpaired) electrons. The lowest BCUT2D eigenvalue weighted by Crippen LogP contribution is -2.15. The summed E-state index contributed by atoms with van der Waals surface area (Å²) in [6.45, 7) is 0. The van der Waals surface area contributed by atoms with E-state index in [4.69, 9.17) is 5.11 Å². The fourth-order valence-corrected chi connectivity index (χ4v) is 0.920. The van der Waals surface area contributed by atoms with Gasteiger partial charge in [0.1, 0.15) is 0 Å². The summed E-state index contributed by atoms with van der Waals surface area (Å²) in [5, 5.41) is 19.1. The van der Waals surface area contributed by atoms with Gasteiger partial charge >= 0.3 is 5.69 Å². The standard InChI is InChI=1S/C6H4F2N2O4/c7-5(8)3-4(10(13)14)2(11)1-9-6(3)12/h1,5,11H,(H,9,12). The first-order chi connectivity index (χ1) is 6.45. The monoisotopic (exact) mass is 206 g/mol. The summed E-state index contributed by atoms with van der Waals surface area (Å²) in [5.41, 5.74) is -3.89. The molecule has 14 heavy (non-hydrogen) atoms. The minimum Gasteiger partial charge on any atom is -0.501 e. The Balaban J connectivity index is 3.58. The quantitative estimate of drug-likeness (QED) is 0.555. The van der Waals surface area contributed by atoms with Crippen LogP contribution < -0.4 is 5.56 Å². The number of nitro groups is 1. The number of hydrogen-bond acceptors (Lipinski definition) is 4. The summed E-state index contributed by atoms with van der Waals surface area (Å²) < 4.78 is 24.4. The van der Waals surface area contributed by atoms with Crippen LogP contribution in [-0.4, -0.2) is 15.0 Å². The molecule has 0 amide bonds. The molecule has 0 atom stereocenters. The topological polar surface area (TPSA) is 96.2 Å². The van der Waals surface area contributed by atoms with Gasteiger partial charge in [-0.25, -0.2) is 8.78 Å². The van der Waals surface area contributed by atoms with Crippen LogP contribution in [0.5, 0.6) is 5.75 Å². The van der Waals surface area contributed by atoms with Crippen molar-refractivity contribution in [2.24, 2.45) is 0 Å². The number of hydrogen-bond donors (Lipinski definition) is 2. The average Bonchev–Trinajstić information content (AvgIpc) is 2.07. The maximum Gasteiger partial charge on any atom is 0.326 e. The van der Waals surface area contributed by atoms with Gasteiger partial charge < -0.3 is 10.1 Å². The fraction of sp³-hybridized carbons (Fsp3) is 0.167. The number of nitrogens with one attached hydrogen (secondary N) is 1. The third kappa shape index (κ3) is 1.53. The number of aromatic hydroxyl groups is 1. The van der Waals surface area contributed by atoms with Gasteiger partial charge in [0.05, 0.1) is 11.1 Å². The van der Waals surface area contributed by atoms with Crippen molar-refractivity contribution < 1.29 is 18.8 Å². The van der Waals surface area contributed by atoms with Gasteiger partial charge in [-0.05, 0) is 0 Å². The highest BCUT2D eigenvalue weighted by Crippen LogP contribution is 2.32. The normalized spacial score (nSPS) is 10.5. The average molecular weight is 206 g/mol. The Bertz CT molecular complexity index is 428. The lowest BCUT2D eigenvalue weighted by atomic mass is 10.2. The van der Waals surface area contributed by atoms with Crippen molar-refractivity contribution in [3.05, 3.63) is 32.2 Å². The Hall–Kier alpha value is -1.99. The van der Waals surface area contributed by atoms with Gasteiger partial charge in [-0.15, -0.1) is 0 Å². The van der Waals surface area contributed by atoms with E-state index in [1.165, 1.54) is 0 Å². The third-order valence-electron chi connectivity index (χ3n) is 1.48. The summed E-state index contributed by atoms with van der Waals surface area (Å²) in [6.07, 6.45) is -2.72. The van der Waals surface area contributed by atoms with Crippen molar-refractivity contribution in [2.75, 3.05) is 0 Å². The summed E-state index contributed by atoms with van der Waals surface area (Å²) in [4.78, 5) is 21.6. The summed E-state index contributed by atoms with van der Waals surface area (Å²) in [5.74, 6) is -0.995. The first-order valence-corrected chi connectivity index (χ1v) is 3.32. The van der Waals surface area contributed by atoms with Gasteiger partial charge in [-0.1, -0.05) is 0 Å². The molecule has 1 heterocycles. The van der Waals surface area contributed by atoms with Gasteiger partial charge in [0.2, 0.25) is 5.75 Å². The number of halogens is 2. The highest BCUT2D eigenvalue weighted by molar-refractivity contribution is 5.49. The van der Waals surface area contributed by atoms with Crippen molar-refractivity contribution >= 4 is 5.69 Å². The zero-order valence-corrected chi connectivity index (χ0v) is 6.53. The minimum absolute atomic E-state index is 0.590. The van der Waals surface area contributed by atoms with E-state index >= 15 is 0 Å². The molecule has 0 unspecified atom stereocenters. The second-order valence-electron chi connectivity index (χ2n) is 2.32. The molecule has 1 rings (SSSR count). The van der Waals surface area contributed by atoms with Crippen molar-refractivity contribution in [3.8, 4) is 5.75 Å². The lowest BCUT2D eigenvalue weighted by molar-refractivity contribution is -0.387. The molecule has 0 fully saturated rings. The first-order valence-electron chi connectivity index (χ1n) is 3.32. The molecule has 0 saturated heterocycles. The molecule has 1 aromatic rings. The molecular weight excluding hydrogens is 202 g/mol. The van der Waals surface area contributed by atoms with Crippen LogP contribution in [0.25, 0.3) is 0 Å². The first kappa shape index (κ1) is 10.1. The number of aromatic amines is 1. The molecule has 2 N–H and O–H groups in total. The van der Waals surface area contributed by atoms with Gasteiger partial charge in [0, 0.05) is 0 Å². The zero-order valence-electron chi connectivity index (χ0n) is 6.53. The molecule has 0 aliphatic heterocycles. The molecule has 0 aliphatic carbocycles. The van der Waals surface area contributed by atoms with E-state index in [0.717, 1.165) is 0 Å². The molecular formula is C6H4F2N2O4. The predicted molar refractivity (Wildman–Crippen MR) is 40.3 cm³/mol. The zero-order chi connectivity index (χ0) is 10.9. The molecule has 0 bridgehead atoms. The Kier molecular flexibility index (Phi) is 2.45. The number of alkyl halides is 2. The van der Waals surface area contributed by atoms with Crippen LogP contribution >= 0.6 is 0 Å². The smallest absolute Gasteiger partial charge is 0.326 e. The van der Waals surface area contributed by atoms with E-state index in [2.05, 4.69) is 0 Å². The Morgan fingerprint density at radius 1 is 1.57 bits per heavy atom. The minimum atomic E-state index is -3.31. The number of pyridine rings is 1. The number of rotatable bonds is 2. The third-order valence-corrected chi connectivity index (χ3v) is 1.48. The Labute approximate surface area is 75.0 Å². The summed E-state index contributed by atoms with van der Waals surface area (Å²) in [6, 6.07) is 0. The van der Waals surface area contributed by atoms with Gasteiger partial charge in [0.15, 0.2) is 5.56 Å². The largest absolute Gasteiger partial charge is 0.501 e. The number of nitrogens with zero attached hydrogens (tertiary/aromatic N) is 1. The summed E-state index contributed by atoms with van der Waals surface area (Å²) >= 11 is 0. The van der Waals surface area contributed by atoms with E-state index in [9.17, 15) is 23.7 Å². The molecule has 6 nitrogen and oxygen atoms in total. The Morgan fingerprint density at radius 2 is 2.14 bits per heavy atom. The molecule has 1 aromatic heterocycles. The van der Waals surface area contributed by atoms with Gasteiger partial charge in [-0.3, -0.25) is 14.9 Å². The second kappa shape index (κ2) is 3.40. The van der Waals surface area contributed by atoms with Gasteiger partial charge in [-0.2, -0.15) is 0 Å². The highest BCUT2D eigenvalue weighted by atomic mass is 19.3. The predicted octanol–water partition coefficient (Wildman–Crippen LogP) is 0.926. The SMILES string of the molecule is O=c1[nH]cc(O)c([N+](=O)[O-])c1C(F)F. The van der Waals surface area contributed by atoms with Crippen LogP contribution in [0, 0.1) is 10.1 Å². The fourth-order valence-electron chi connectivity index (χ4n) is 0.920. The molecule has 0 aliphatic rings. The van der Waals surface area contributed by atoms with Crippen molar-refractivity contribution in [2.45, 2.75) is 6.43 Å². The van der Waals surface area contributed by atoms with Crippen LogP contribution in [0.3, 0.4) is 0 Å². The maximum atomic E-state index is 12.2. The van der Waals surface area contributed by atoms with E-state index in [-0.39, 0.29) is 0 Å². The molecule has 76 valence electrons. The van der Waals surface area contributed by atoms with Gasteiger partial charge in [0.25, 0.3) is 12.0 Å². The molecule has 0 spiro atoms. The van der Waals surface area contributed by atoms with Crippen LogP contribution in [0.1, 0.15) is 12.0 Å². The summed E-state index contributed by atoms with van der Waals surface area (Å²) in [7, 11) is 0. The van der Waals surface area contributed by atoms with E-state index < -0.39 is 33.9 Å². The van der Waals surface area contributed by atoms with Crippen molar-refractivity contribution in [1.82, 2.24) is 4.98 Å².